The van der Waals surface area contributed by atoms with Crippen LogP contribution in [-0.2, 0) is 0 Å². The van der Waals surface area contributed by atoms with E-state index in [1.54, 1.807) is 67.0 Å². The number of amides is 2. The highest BCUT2D eigenvalue weighted by Crippen LogP contribution is 2.35. The lowest BCUT2D eigenvalue weighted by Gasteiger charge is -2.14. The number of nitrogens with zero attached hydrogens (tertiary/aromatic N) is 4. The lowest BCUT2D eigenvalue weighted by atomic mass is 10.1. The van der Waals surface area contributed by atoms with E-state index in [-0.39, 0.29) is 28.0 Å². The van der Waals surface area contributed by atoms with Gasteiger partial charge in [-0.25, -0.2) is 9.97 Å². The van der Waals surface area contributed by atoms with Gasteiger partial charge >= 0.3 is 12.4 Å². The predicted octanol–water partition coefficient (Wildman–Crippen LogP) is 9.51. The number of anilines is 3. The Morgan fingerprint density at radius 2 is 1.23 bits per heavy atom. The van der Waals surface area contributed by atoms with Gasteiger partial charge in [0.15, 0.2) is 13.2 Å². The molecular formula is C38H27ClF6IN7O4. The van der Waals surface area contributed by atoms with Crippen molar-refractivity contribution in [1.29, 1.82) is 0 Å². The number of benzene rings is 2. The molecule has 19 heteroatoms. The molecule has 0 aliphatic heterocycles. The Balaban J connectivity index is 0.000000219. The van der Waals surface area contributed by atoms with Crippen molar-refractivity contribution in [2.75, 3.05) is 29.6 Å². The van der Waals surface area contributed by atoms with Crippen molar-refractivity contribution in [2.45, 2.75) is 12.4 Å². The normalized spacial score (nSPS) is 11.2. The number of hydrogen-bond acceptors (Lipinski definition) is 9. The minimum Gasteiger partial charge on any atom is -0.468 e. The van der Waals surface area contributed by atoms with Crippen molar-refractivity contribution < 1.29 is 45.4 Å². The van der Waals surface area contributed by atoms with Gasteiger partial charge in [-0.2, -0.15) is 26.3 Å². The Morgan fingerprint density at radius 3 is 1.75 bits per heavy atom. The minimum absolute atomic E-state index is 0.169. The molecule has 6 rings (SSSR count). The first kappa shape index (κ1) is 42.1. The van der Waals surface area contributed by atoms with Gasteiger partial charge in [-0.3, -0.25) is 19.6 Å². The summed E-state index contributed by atoms with van der Waals surface area (Å²) in [4.78, 5) is 40.4. The van der Waals surface area contributed by atoms with E-state index in [2.05, 4.69) is 30.6 Å². The molecule has 2 aromatic carbocycles. The molecule has 0 bridgehead atoms. The Morgan fingerprint density at radius 1 is 0.667 bits per heavy atom. The van der Waals surface area contributed by atoms with E-state index >= 15 is 0 Å². The lowest BCUT2D eigenvalue weighted by Crippen LogP contribution is -2.20. The monoisotopic (exact) mass is 921 g/mol. The summed E-state index contributed by atoms with van der Waals surface area (Å²) in [6.07, 6.45) is -0.647. The Hall–Kier alpha value is -6.02. The molecule has 4 heterocycles. The van der Waals surface area contributed by atoms with Gasteiger partial charge in [-0.1, -0.05) is 48.0 Å². The average molecular weight is 922 g/mol. The van der Waals surface area contributed by atoms with Gasteiger partial charge < -0.3 is 25.8 Å². The molecule has 0 aliphatic rings. The molecule has 0 spiro atoms. The number of hydrogen-bond donors (Lipinski definition) is 3. The largest absolute Gasteiger partial charge is 0.468 e. The Bertz CT molecular complexity index is 2340. The maximum atomic E-state index is 12.6. The molecule has 0 saturated carbocycles. The van der Waals surface area contributed by atoms with Gasteiger partial charge in [-0.05, 0) is 76.2 Å². The van der Waals surface area contributed by atoms with Crippen LogP contribution in [0.15, 0.2) is 116 Å². The van der Waals surface area contributed by atoms with Crippen LogP contribution in [-0.4, -0.2) is 57.3 Å². The van der Waals surface area contributed by atoms with Crippen LogP contribution in [0.3, 0.4) is 0 Å². The topological polar surface area (TPSA) is 154 Å². The number of ether oxygens (including phenoxy) is 2. The molecule has 4 aromatic heterocycles. The Labute approximate surface area is 338 Å². The third-order valence-corrected chi connectivity index (χ3v) is 8.17. The fourth-order valence-corrected chi connectivity index (χ4v) is 5.41. The third-order valence-electron chi connectivity index (χ3n) is 7.25. The second-order valence-corrected chi connectivity index (χ2v) is 13.3. The summed E-state index contributed by atoms with van der Waals surface area (Å²) in [7, 11) is 0. The van der Waals surface area contributed by atoms with Gasteiger partial charge in [0.2, 0.25) is 11.8 Å². The number of nitrogen functional groups attached to an aromatic ring is 1. The van der Waals surface area contributed by atoms with Crippen molar-refractivity contribution in [3.8, 4) is 34.0 Å². The smallest absolute Gasteiger partial charge is 0.422 e. The number of pyridine rings is 4. The molecule has 11 nitrogen and oxygen atoms in total. The maximum Gasteiger partial charge on any atom is 0.422 e. The molecule has 0 aliphatic carbocycles. The van der Waals surface area contributed by atoms with Crippen LogP contribution in [0, 0.1) is 3.57 Å². The third kappa shape index (κ3) is 12.8. The highest BCUT2D eigenvalue weighted by atomic mass is 127. The predicted molar refractivity (Wildman–Crippen MR) is 209 cm³/mol. The maximum absolute atomic E-state index is 12.6. The van der Waals surface area contributed by atoms with Crippen molar-refractivity contribution in [3.63, 3.8) is 0 Å². The molecule has 4 N–H and O–H groups in total. The first-order valence-corrected chi connectivity index (χ1v) is 17.6. The van der Waals surface area contributed by atoms with Crippen molar-refractivity contribution in [2.24, 2.45) is 0 Å². The minimum atomic E-state index is -4.54. The van der Waals surface area contributed by atoms with Crippen LogP contribution in [0.4, 0.5) is 43.4 Å². The molecule has 57 heavy (non-hydrogen) atoms. The van der Waals surface area contributed by atoms with Gasteiger partial charge in [0.1, 0.15) is 0 Å². The fraction of sp³-hybridized carbons (Fsp3) is 0.105. The van der Waals surface area contributed by atoms with E-state index in [1.807, 2.05) is 22.6 Å². The molecule has 0 atom stereocenters. The van der Waals surface area contributed by atoms with Crippen LogP contribution in [0.1, 0.15) is 20.7 Å². The summed E-state index contributed by atoms with van der Waals surface area (Å²) in [6.45, 7) is -2.98. The number of nitrogens with two attached hydrogens (primary N) is 1. The summed E-state index contributed by atoms with van der Waals surface area (Å²) in [5.41, 5.74) is 8.82. The van der Waals surface area contributed by atoms with E-state index < -0.39 is 37.4 Å². The second-order valence-electron chi connectivity index (χ2n) is 11.6. The first-order valence-electron chi connectivity index (χ1n) is 16.2. The zero-order valence-corrected chi connectivity index (χ0v) is 31.8. The molecule has 0 fully saturated rings. The van der Waals surface area contributed by atoms with E-state index in [1.165, 1.54) is 49.1 Å². The molecule has 2 amide bonds. The first-order chi connectivity index (χ1) is 27.0. The lowest BCUT2D eigenvalue weighted by molar-refractivity contribution is -0.154. The number of nitrogens with one attached hydrogen (secondary N) is 2. The van der Waals surface area contributed by atoms with Crippen molar-refractivity contribution in [3.05, 3.63) is 136 Å². The highest BCUT2D eigenvalue weighted by Gasteiger charge is 2.30. The highest BCUT2D eigenvalue weighted by molar-refractivity contribution is 14.1. The summed E-state index contributed by atoms with van der Waals surface area (Å²) in [5, 5.41) is 5.51. The van der Waals surface area contributed by atoms with Gasteiger partial charge in [0, 0.05) is 39.5 Å². The van der Waals surface area contributed by atoms with Crippen LogP contribution in [0.2, 0.25) is 5.02 Å². The summed E-state index contributed by atoms with van der Waals surface area (Å²) in [6, 6.07) is 21.0. The SMILES string of the molecule is Nc1ccc(-c2cc(NC(=O)c3cncc(I)c3)cnc2OCC(F)(F)F)cc1Cl.O=C(Nc1cnc(OCC(F)(F)F)c(-c2ccccc2)c1)c1cccnc1. The van der Waals surface area contributed by atoms with Gasteiger partial charge in [0.05, 0.1) is 45.6 Å². The van der Waals surface area contributed by atoms with Crippen molar-refractivity contribution >= 4 is 63.1 Å². The van der Waals surface area contributed by atoms with E-state index in [9.17, 15) is 35.9 Å². The molecule has 0 unspecified atom stereocenters. The number of aromatic nitrogens is 4. The van der Waals surface area contributed by atoms with Gasteiger partial charge in [0.25, 0.3) is 11.8 Å². The summed E-state index contributed by atoms with van der Waals surface area (Å²) >= 11 is 8.06. The number of rotatable bonds is 10. The van der Waals surface area contributed by atoms with E-state index in [0.717, 1.165) is 3.57 Å². The zero-order chi connectivity index (χ0) is 41.2. The molecule has 0 radical (unpaired) electrons. The second kappa shape index (κ2) is 18.7. The van der Waals surface area contributed by atoms with Crippen LogP contribution < -0.4 is 25.8 Å². The average Bonchev–Trinajstić information content (AvgIpc) is 3.18. The summed E-state index contributed by atoms with van der Waals surface area (Å²) in [5.74, 6) is -1.29. The van der Waals surface area contributed by atoms with Crippen LogP contribution in [0.5, 0.6) is 11.8 Å². The number of alkyl halides is 6. The van der Waals surface area contributed by atoms with E-state index in [0.29, 0.717) is 39.2 Å². The van der Waals surface area contributed by atoms with E-state index in [4.69, 9.17) is 26.8 Å². The fourth-order valence-electron chi connectivity index (χ4n) is 4.74. The molecule has 6 aromatic rings. The zero-order valence-electron chi connectivity index (χ0n) is 28.9. The quantitative estimate of drug-likeness (QED) is 0.0693. The van der Waals surface area contributed by atoms with Crippen LogP contribution in [0.25, 0.3) is 22.3 Å². The number of halogens is 8. The van der Waals surface area contributed by atoms with Gasteiger partial charge in [-0.15, -0.1) is 0 Å². The molecule has 0 saturated heterocycles. The standard InChI is InChI=1S/C19H13ClF3IN4O2.C19H14F3N3O2/c20-15-4-10(1-2-16(15)25)14-5-13(8-27-18(14)30-9-19(21,22)23)28-17(29)11-3-12(24)7-26-6-11;20-19(21,22)12-27-18-16(13-5-2-1-3-6-13)9-15(11-24-18)25-17(26)14-7-4-8-23-10-14/h1-8H,9,25H2,(H,28,29);1-11H,12H2,(H,25,26). The Kier molecular flexibility index (Phi) is 13.9. The van der Waals surface area contributed by atoms with Crippen LogP contribution >= 0.6 is 34.2 Å². The number of carbonyl (C=O) groups is 2. The van der Waals surface area contributed by atoms with Crippen molar-refractivity contribution in [1.82, 2.24) is 19.9 Å². The molecular weight excluding hydrogens is 895 g/mol. The number of carbonyl (C=O) groups excluding carboxylic acids is 2. The summed E-state index contributed by atoms with van der Waals surface area (Å²) < 4.78 is 85.8. The molecule has 294 valence electrons.